The van der Waals surface area contributed by atoms with E-state index in [-0.39, 0.29) is 5.57 Å². The average Bonchev–Trinajstić information content (AvgIpc) is 2.64. The van der Waals surface area contributed by atoms with Gasteiger partial charge in [-0.15, -0.1) is 11.8 Å². The lowest BCUT2D eigenvalue weighted by atomic mass is 10.1. The first-order chi connectivity index (χ1) is 12.9. The fourth-order valence-electron chi connectivity index (χ4n) is 2.52. The first-order valence-electron chi connectivity index (χ1n) is 8.55. The molecule has 1 aliphatic heterocycles. The third-order valence-electron chi connectivity index (χ3n) is 3.81. The van der Waals surface area contributed by atoms with Gasteiger partial charge in [0.25, 0.3) is 5.79 Å². The quantitative estimate of drug-likeness (QED) is 0.427. The highest BCUT2D eigenvalue weighted by Gasteiger charge is 2.38. The van der Waals surface area contributed by atoms with Gasteiger partial charge in [-0.1, -0.05) is 60.7 Å². The van der Waals surface area contributed by atoms with Crippen LogP contribution in [-0.4, -0.2) is 17.7 Å². The molecule has 0 saturated carbocycles. The van der Waals surface area contributed by atoms with Crippen LogP contribution in [0, 0.1) is 0 Å². The van der Waals surface area contributed by atoms with E-state index in [1.807, 2.05) is 48.5 Å². The summed E-state index contributed by atoms with van der Waals surface area (Å²) in [7, 11) is 0. The first kappa shape index (κ1) is 19.0. The molecule has 0 unspecified atom stereocenters. The molecule has 0 aromatic heterocycles. The number of allylic oxidation sites excluding steroid dienone is 2. The zero-order chi connectivity index (χ0) is 19.3. The summed E-state index contributed by atoms with van der Waals surface area (Å²) in [5, 5.41) is 0. The van der Waals surface area contributed by atoms with Crippen LogP contribution < -0.4 is 0 Å². The van der Waals surface area contributed by atoms with Crippen molar-refractivity contribution in [2.75, 3.05) is 0 Å². The van der Waals surface area contributed by atoms with E-state index in [1.54, 1.807) is 17.8 Å². The lowest BCUT2D eigenvalue weighted by Crippen LogP contribution is -2.41. The van der Waals surface area contributed by atoms with E-state index in [2.05, 4.69) is 12.1 Å². The molecule has 1 aliphatic rings. The van der Waals surface area contributed by atoms with Crippen molar-refractivity contribution in [1.82, 2.24) is 0 Å². The van der Waals surface area contributed by atoms with Crippen molar-refractivity contribution in [1.29, 1.82) is 0 Å². The number of hydrogen-bond donors (Lipinski definition) is 0. The van der Waals surface area contributed by atoms with Gasteiger partial charge in [-0.3, -0.25) is 0 Å². The van der Waals surface area contributed by atoms with Crippen LogP contribution in [0.15, 0.2) is 78.4 Å². The molecule has 0 atom stereocenters. The molecule has 0 radical (unpaired) electrons. The van der Waals surface area contributed by atoms with Crippen molar-refractivity contribution in [2.24, 2.45) is 0 Å². The normalized spacial score (nSPS) is 16.5. The summed E-state index contributed by atoms with van der Waals surface area (Å²) in [4.78, 5) is 25.2. The van der Waals surface area contributed by atoms with Crippen LogP contribution in [0.1, 0.15) is 25.0 Å². The standard InChI is InChI=1S/C22H20O4S/c1-22(2)25-20(23)18(21(24)26-22)13-14-19(17-11-7-4-8-12-17)27-15-16-9-5-3-6-10-16/h3-14H,15H2,1-2H3. The van der Waals surface area contributed by atoms with E-state index >= 15 is 0 Å². The Hall–Kier alpha value is -2.79. The molecule has 2 aromatic rings. The molecule has 3 rings (SSSR count). The Kier molecular flexibility index (Phi) is 5.81. The zero-order valence-electron chi connectivity index (χ0n) is 15.2. The smallest absolute Gasteiger partial charge is 0.348 e. The van der Waals surface area contributed by atoms with Gasteiger partial charge in [0.15, 0.2) is 0 Å². The van der Waals surface area contributed by atoms with Gasteiger partial charge in [-0.2, -0.15) is 0 Å². The molecule has 138 valence electrons. The van der Waals surface area contributed by atoms with Gasteiger partial charge < -0.3 is 9.47 Å². The minimum atomic E-state index is -1.24. The summed E-state index contributed by atoms with van der Waals surface area (Å²) in [6.45, 7) is 3.06. The van der Waals surface area contributed by atoms with Crippen LogP contribution in [0.4, 0.5) is 0 Å². The Labute approximate surface area is 162 Å². The van der Waals surface area contributed by atoms with Crippen LogP contribution in [0.5, 0.6) is 0 Å². The molecule has 0 bridgehead atoms. The van der Waals surface area contributed by atoms with Gasteiger partial charge in [0.05, 0.1) is 0 Å². The summed E-state index contributed by atoms with van der Waals surface area (Å²) < 4.78 is 10.3. The zero-order valence-corrected chi connectivity index (χ0v) is 16.0. The van der Waals surface area contributed by atoms with Crippen molar-refractivity contribution in [3.63, 3.8) is 0 Å². The minimum Gasteiger partial charge on any atom is -0.419 e. The van der Waals surface area contributed by atoms with Crippen LogP contribution in [0.2, 0.25) is 0 Å². The molecule has 0 amide bonds. The monoisotopic (exact) mass is 380 g/mol. The summed E-state index contributed by atoms with van der Waals surface area (Å²) >= 11 is 1.63. The van der Waals surface area contributed by atoms with E-state index in [4.69, 9.17) is 9.47 Å². The number of hydrogen-bond acceptors (Lipinski definition) is 5. The molecular formula is C22H20O4S. The first-order valence-corrected chi connectivity index (χ1v) is 9.54. The van der Waals surface area contributed by atoms with E-state index in [9.17, 15) is 9.59 Å². The van der Waals surface area contributed by atoms with Crippen LogP contribution in [0.3, 0.4) is 0 Å². The van der Waals surface area contributed by atoms with Crippen molar-refractivity contribution in [2.45, 2.75) is 25.4 Å². The van der Waals surface area contributed by atoms with Crippen LogP contribution in [-0.2, 0) is 24.8 Å². The van der Waals surface area contributed by atoms with Crippen LogP contribution >= 0.6 is 11.8 Å². The van der Waals surface area contributed by atoms with Crippen LogP contribution in [0.25, 0.3) is 4.91 Å². The second-order valence-corrected chi connectivity index (χ2v) is 7.45. The van der Waals surface area contributed by atoms with Crippen molar-refractivity contribution in [3.8, 4) is 0 Å². The van der Waals surface area contributed by atoms with Gasteiger partial charge >= 0.3 is 11.9 Å². The molecule has 5 heteroatoms. The van der Waals surface area contributed by atoms with E-state index in [1.165, 1.54) is 25.5 Å². The molecular weight excluding hydrogens is 360 g/mol. The number of carbonyl (C=O) groups is 2. The maximum atomic E-state index is 12.1. The highest BCUT2D eigenvalue weighted by molar-refractivity contribution is 8.07. The topological polar surface area (TPSA) is 52.6 Å². The molecule has 4 nitrogen and oxygen atoms in total. The Bertz CT molecular complexity index is 861. The predicted octanol–water partition coefficient (Wildman–Crippen LogP) is 4.72. The molecule has 1 fully saturated rings. The van der Waals surface area contributed by atoms with Gasteiger partial charge in [-0.25, -0.2) is 9.59 Å². The molecule has 0 spiro atoms. The molecule has 27 heavy (non-hydrogen) atoms. The van der Waals surface area contributed by atoms with Crippen molar-refractivity contribution in [3.05, 3.63) is 89.5 Å². The SMILES string of the molecule is CC1(C)OC(=O)C(=CC=C(SCc2ccccc2)c2ccccc2)C(=O)O1. The molecule has 1 saturated heterocycles. The van der Waals surface area contributed by atoms with Gasteiger partial charge in [0.1, 0.15) is 5.57 Å². The number of esters is 2. The summed E-state index contributed by atoms with van der Waals surface area (Å²) in [6.07, 6.45) is 3.24. The molecule has 2 aromatic carbocycles. The Morgan fingerprint density at radius 2 is 1.48 bits per heavy atom. The maximum Gasteiger partial charge on any atom is 0.348 e. The van der Waals surface area contributed by atoms with E-state index in [0.29, 0.717) is 0 Å². The third-order valence-corrected chi connectivity index (χ3v) is 4.97. The Morgan fingerprint density at radius 1 is 0.926 bits per heavy atom. The maximum absolute atomic E-state index is 12.1. The lowest BCUT2D eigenvalue weighted by molar-refractivity contribution is -0.222. The fraction of sp³-hybridized carbons (Fsp3) is 0.182. The van der Waals surface area contributed by atoms with Gasteiger partial charge in [0.2, 0.25) is 0 Å². The highest BCUT2D eigenvalue weighted by Crippen LogP contribution is 2.31. The van der Waals surface area contributed by atoms with Crippen molar-refractivity contribution >= 4 is 28.6 Å². The number of thioether (sulfide) groups is 1. The summed E-state index contributed by atoms with van der Waals surface area (Å²) in [5.74, 6) is -1.81. The largest absolute Gasteiger partial charge is 0.419 e. The Balaban J connectivity index is 1.86. The van der Waals surface area contributed by atoms with Gasteiger partial charge in [0, 0.05) is 24.5 Å². The Morgan fingerprint density at radius 3 is 2.07 bits per heavy atom. The number of rotatable bonds is 5. The number of benzene rings is 2. The fourth-order valence-corrected chi connectivity index (χ4v) is 3.50. The minimum absolute atomic E-state index is 0.108. The summed E-state index contributed by atoms with van der Waals surface area (Å²) in [6, 6.07) is 19.9. The predicted molar refractivity (Wildman–Crippen MR) is 107 cm³/mol. The lowest BCUT2D eigenvalue weighted by Gasteiger charge is -2.29. The number of ether oxygens (including phenoxy) is 2. The number of carbonyl (C=O) groups excluding carboxylic acids is 2. The molecule has 1 heterocycles. The second-order valence-electron chi connectivity index (χ2n) is 6.43. The average molecular weight is 380 g/mol. The van der Waals surface area contributed by atoms with Crippen molar-refractivity contribution < 1.29 is 19.1 Å². The molecule has 0 aliphatic carbocycles. The summed E-state index contributed by atoms with van der Waals surface area (Å²) in [5.41, 5.74) is 2.09. The van der Waals surface area contributed by atoms with E-state index in [0.717, 1.165) is 16.2 Å². The number of cyclic esters (lactones) is 2. The van der Waals surface area contributed by atoms with E-state index < -0.39 is 17.7 Å². The second kappa shape index (κ2) is 8.27. The third kappa shape index (κ3) is 5.11. The van der Waals surface area contributed by atoms with Gasteiger partial charge in [-0.05, 0) is 23.3 Å². The highest BCUT2D eigenvalue weighted by atomic mass is 32.2. The molecule has 0 N–H and O–H groups in total.